The van der Waals surface area contributed by atoms with Gasteiger partial charge >= 0.3 is 0 Å². The number of nitrogens with zero attached hydrogens (tertiary/aromatic N) is 4. The Morgan fingerprint density at radius 1 is 0.946 bits per heavy atom. The third-order valence-corrected chi connectivity index (χ3v) is 6.68. The minimum absolute atomic E-state index is 0.0971. The highest BCUT2D eigenvalue weighted by atomic mass is 35.5. The molecular weight excluding hydrogens is 531 g/mol. The van der Waals surface area contributed by atoms with Crippen molar-refractivity contribution in [1.29, 1.82) is 0 Å². The molecule has 5 rings (SSSR count). The minimum Gasteiger partial charge on any atom is -0.508 e. The van der Waals surface area contributed by atoms with Gasteiger partial charge in [-0.15, -0.1) is 0 Å². The number of phenolic OH excluding ortho intramolecular Hbond substituents is 1. The van der Waals surface area contributed by atoms with E-state index in [1.54, 1.807) is 12.3 Å². The summed E-state index contributed by atoms with van der Waals surface area (Å²) >= 11 is 14.2. The topological polar surface area (TPSA) is 93.3 Å². The minimum atomic E-state index is -0.0982. The molecule has 0 aliphatic rings. The molecule has 0 spiro atoms. The second-order valence-electron chi connectivity index (χ2n) is 7.96. The molecule has 0 unspecified atom stereocenters. The predicted molar refractivity (Wildman–Crippen MR) is 146 cm³/mol. The van der Waals surface area contributed by atoms with Gasteiger partial charge in [-0.1, -0.05) is 77.4 Å². The number of ether oxygens (including phenoxy) is 1. The first-order chi connectivity index (χ1) is 17.9. The van der Waals surface area contributed by atoms with Gasteiger partial charge in [0, 0.05) is 11.8 Å². The van der Waals surface area contributed by atoms with Crippen molar-refractivity contribution in [2.45, 2.75) is 11.8 Å². The van der Waals surface area contributed by atoms with Crippen molar-refractivity contribution < 1.29 is 15.1 Å². The van der Waals surface area contributed by atoms with E-state index in [1.807, 2.05) is 60.9 Å². The number of rotatable bonds is 7. The van der Waals surface area contributed by atoms with Crippen molar-refractivity contribution >= 4 is 35.0 Å². The Balaban J connectivity index is 1.64. The van der Waals surface area contributed by atoms with Gasteiger partial charge in [0.05, 0.1) is 21.3 Å². The van der Waals surface area contributed by atoms with E-state index in [1.165, 1.54) is 23.9 Å². The van der Waals surface area contributed by atoms with Crippen LogP contribution in [0.4, 0.5) is 0 Å². The van der Waals surface area contributed by atoms with E-state index in [9.17, 15) is 10.3 Å². The monoisotopic (exact) mass is 550 g/mol. The molecule has 0 saturated carbocycles. The molecule has 10 heteroatoms. The van der Waals surface area contributed by atoms with Crippen molar-refractivity contribution in [3.63, 3.8) is 0 Å². The zero-order valence-electron chi connectivity index (χ0n) is 19.5. The van der Waals surface area contributed by atoms with Crippen LogP contribution in [0, 0.1) is 0 Å². The molecule has 186 valence electrons. The third kappa shape index (κ3) is 5.22. The summed E-state index contributed by atoms with van der Waals surface area (Å²) in [5.41, 5.74) is 3.22. The first-order valence-corrected chi connectivity index (χ1v) is 13.1. The Bertz CT molecular complexity index is 1550. The van der Waals surface area contributed by atoms with Crippen LogP contribution in [0.2, 0.25) is 10.0 Å². The second-order valence-corrected chi connectivity index (χ2v) is 9.55. The normalized spacial score (nSPS) is 11.0. The molecule has 0 fully saturated rings. The van der Waals surface area contributed by atoms with Crippen LogP contribution in [0.1, 0.15) is 5.56 Å². The van der Waals surface area contributed by atoms with Crippen LogP contribution in [0.25, 0.3) is 34.0 Å². The standard InChI is InChI=1S/C27H20Cl2N4O3S/c1-37-27-30-11-10-22(31-27)25-24(32-26(33(25)35)23-20(28)13-18(34)14-21(23)29)17-8-5-9-19(12-17)36-15-16-6-3-2-4-7-16/h2-14,34-35H,15H2,1H3. The van der Waals surface area contributed by atoms with E-state index >= 15 is 0 Å². The van der Waals surface area contributed by atoms with Crippen LogP contribution in [0.5, 0.6) is 11.5 Å². The second kappa shape index (κ2) is 10.7. The quantitative estimate of drug-likeness (QED) is 0.125. The van der Waals surface area contributed by atoms with Gasteiger partial charge in [0.1, 0.15) is 29.5 Å². The van der Waals surface area contributed by atoms with Gasteiger partial charge < -0.3 is 15.1 Å². The Kier molecular flexibility index (Phi) is 7.23. The molecule has 2 heterocycles. The van der Waals surface area contributed by atoms with Crippen LogP contribution in [-0.2, 0) is 6.61 Å². The predicted octanol–water partition coefficient (Wildman–Crippen LogP) is 7.22. The fourth-order valence-corrected chi connectivity index (χ4v) is 4.82. The number of benzene rings is 3. The summed E-state index contributed by atoms with van der Waals surface area (Å²) in [5, 5.41) is 22.0. The lowest BCUT2D eigenvalue weighted by atomic mass is 10.1. The maximum absolute atomic E-state index is 11.4. The fourth-order valence-electron chi connectivity index (χ4n) is 3.82. The molecule has 2 aromatic heterocycles. The van der Waals surface area contributed by atoms with Crippen molar-refractivity contribution in [3.8, 4) is 45.5 Å². The Morgan fingerprint density at radius 2 is 1.70 bits per heavy atom. The molecular formula is C27H20Cl2N4O3S. The fraction of sp³-hybridized carbons (Fsp3) is 0.0741. The average molecular weight is 551 g/mol. The lowest BCUT2D eigenvalue weighted by molar-refractivity contribution is 0.195. The summed E-state index contributed by atoms with van der Waals surface area (Å²) in [6, 6.07) is 21.6. The van der Waals surface area contributed by atoms with Crippen molar-refractivity contribution in [1.82, 2.24) is 19.7 Å². The highest BCUT2D eigenvalue weighted by Crippen LogP contribution is 2.41. The van der Waals surface area contributed by atoms with Crippen molar-refractivity contribution in [3.05, 3.63) is 94.6 Å². The highest BCUT2D eigenvalue weighted by Gasteiger charge is 2.26. The van der Waals surface area contributed by atoms with E-state index in [2.05, 4.69) is 9.97 Å². The largest absolute Gasteiger partial charge is 0.508 e. The number of thioether (sulfide) groups is 1. The molecule has 0 amide bonds. The summed E-state index contributed by atoms with van der Waals surface area (Å²) in [6.07, 6.45) is 3.48. The number of halogens is 2. The molecule has 2 N–H and O–H groups in total. The van der Waals surface area contributed by atoms with E-state index in [0.717, 1.165) is 10.3 Å². The molecule has 0 aliphatic carbocycles. The summed E-state index contributed by atoms with van der Waals surface area (Å²) in [4.78, 5) is 13.5. The smallest absolute Gasteiger partial charge is 0.187 e. The molecule has 0 saturated heterocycles. The number of aromatic hydroxyl groups is 1. The Morgan fingerprint density at radius 3 is 2.43 bits per heavy atom. The highest BCUT2D eigenvalue weighted by molar-refractivity contribution is 7.98. The number of hydrogen-bond acceptors (Lipinski definition) is 7. The van der Waals surface area contributed by atoms with Crippen LogP contribution in [-0.4, -0.2) is 36.3 Å². The summed E-state index contributed by atoms with van der Waals surface area (Å²) in [6.45, 7) is 0.401. The maximum atomic E-state index is 11.4. The lowest BCUT2D eigenvalue weighted by Crippen LogP contribution is -2.00. The molecule has 37 heavy (non-hydrogen) atoms. The van der Waals surface area contributed by atoms with Gasteiger partial charge in [0.2, 0.25) is 0 Å². The van der Waals surface area contributed by atoms with Crippen molar-refractivity contribution in [2.24, 2.45) is 0 Å². The summed E-state index contributed by atoms with van der Waals surface area (Å²) in [7, 11) is 0. The van der Waals surface area contributed by atoms with Crippen LogP contribution >= 0.6 is 35.0 Å². The molecule has 3 aromatic carbocycles. The molecule has 0 bridgehead atoms. The van der Waals surface area contributed by atoms with E-state index in [-0.39, 0.29) is 27.2 Å². The maximum Gasteiger partial charge on any atom is 0.187 e. The zero-order chi connectivity index (χ0) is 25.9. The Hall–Kier alpha value is -3.72. The van der Waals surface area contributed by atoms with E-state index in [4.69, 9.17) is 32.9 Å². The lowest BCUT2D eigenvalue weighted by Gasteiger charge is -2.09. The third-order valence-electron chi connectivity index (χ3n) is 5.52. The van der Waals surface area contributed by atoms with Crippen molar-refractivity contribution in [2.75, 3.05) is 6.26 Å². The van der Waals surface area contributed by atoms with Crippen LogP contribution < -0.4 is 4.74 Å². The molecule has 5 aromatic rings. The van der Waals surface area contributed by atoms with Gasteiger partial charge in [-0.2, -0.15) is 4.73 Å². The first-order valence-electron chi connectivity index (χ1n) is 11.1. The van der Waals surface area contributed by atoms with E-state index in [0.29, 0.717) is 40.2 Å². The summed E-state index contributed by atoms with van der Waals surface area (Å²) in [5.74, 6) is 0.633. The summed E-state index contributed by atoms with van der Waals surface area (Å²) < 4.78 is 6.92. The SMILES string of the molecule is CSc1nccc(-c2c(-c3cccc(OCc4ccccc4)c3)nc(-c3c(Cl)cc(O)cc3Cl)n2O)n1. The number of hydrogen-bond donors (Lipinski definition) is 2. The van der Waals surface area contributed by atoms with Gasteiger partial charge in [-0.3, -0.25) is 0 Å². The molecule has 0 atom stereocenters. The van der Waals surface area contributed by atoms with Crippen LogP contribution in [0.3, 0.4) is 0 Å². The number of aromatic nitrogens is 4. The number of imidazole rings is 1. The zero-order valence-corrected chi connectivity index (χ0v) is 21.8. The average Bonchev–Trinajstić information content (AvgIpc) is 3.24. The van der Waals surface area contributed by atoms with Gasteiger partial charge in [-0.05, 0) is 42.2 Å². The van der Waals surface area contributed by atoms with E-state index < -0.39 is 0 Å². The molecule has 0 aliphatic heterocycles. The first kappa shape index (κ1) is 25.0. The van der Waals surface area contributed by atoms with Gasteiger partial charge in [-0.25, -0.2) is 15.0 Å². The molecule has 7 nitrogen and oxygen atoms in total. The number of phenols is 1. The Labute approximate surface area is 227 Å². The van der Waals surface area contributed by atoms with Crippen LogP contribution in [0.15, 0.2) is 84.1 Å². The van der Waals surface area contributed by atoms with Gasteiger partial charge in [0.25, 0.3) is 0 Å². The van der Waals surface area contributed by atoms with Gasteiger partial charge in [0.15, 0.2) is 11.0 Å². The molecule has 0 radical (unpaired) electrons.